The fraction of sp³-hybridized carbons (Fsp3) is 0.182. The third-order valence-electron chi connectivity index (χ3n) is 4.65. The van der Waals surface area contributed by atoms with E-state index in [0.29, 0.717) is 39.3 Å². The fourth-order valence-electron chi connectivity index (χ4n) is 3.17. The highest BCUT2D eigenvalue weighted by atomic mass is 35.5. The molecule has 0 N–H and O–H groups in total. The third-order valence-corrected chi connectivity index (χ3v) is 6.91. The molecule has 0 fully saturated rings. The first-order valence-electron chi connectivity index (χ1n) is 9.61. The number of halogens is 1. The highest BCUT2D eigenvalue weighted by Crippen LogP contribution is 2.29. The van der Waals surface area contributed by atoms with Gasteiger partial charge >= 0.3 is 0 Å². The number of aromatic nitrogens is 3. The van der Waals surface area contributed by atoms with Crippen LogP contribution in [0.5, 0.6) is 0 Å². The number of rotatable bonds is 7. The van der Waals surface area contributed by atoms with E-state index in [4.69, 9.17) is 11.6 Å². The minimum Gasteiger partial charge on any atom is -0.288 e. The van der Waals surface area contributed by atoms with Crippen molar-refractivity contribution in [1.29, 1.82) is 0 Å². The highest BCUT2D eigenvalue weighted by Gasteiger charge is 2.20. The zero-order valence-electron chi connectivity index (χ0n) is 16.7. The van der Waals surface area contributed by atoms with E-state index in [-0.39, 0.29) is 17.2 Å². The second-order valence-corrected chi connectivity index (χ2v) is 9.04. The maximum absolute atomic E-state index is 13.0. The Labute approximate surface area is 192 Å². The lowest BCUT2D eigenvalue weighted by molar-refractivity contribution is -0.116. The van der Waals surface area contributed by atoms with Crippen molar-refractivity contribution in [2.75, 3.05) is 17.2 Å². The number of hydrogen-bond acceptors (Lipinski definition) is 6. The van der Waals surface area contributed by atoms with Gasteiger partial charge in [0, 0.05) is 18.1 Å². The lowest BCUT2D eigenvalue weighted by atomic mass is 10.2. The van der Waals surface area contributed by atoms with Gasteiger partial charge in [-0.25, -0.2) is 9.97 Å². The number of nitrogens with zero attached hydrogens (tertiary/aromatic N) is 4. The summed E-state index contributed by atoms with van der Waals surface area (Å²) in [5, 5.41) is 2.09. The Morgan fingerprint density at radius 1 is 1.26 bits per heavy atom. The summed E-state index contributed by atoms with van der Waals surface area (Å²) < 4.78 is 2.55. The van der Waals surface area contributed by atoms with Gasteiger partial charge in [0.05, 0.1) is 26.9 Å². The smallest absolute Gasteiger partial charge is 0.262 e. The second kappa shape index (κ2) is 9.21. The van der Waals surface area contributed by atoms with Crippen LogP contribution in [0.15, 0.2) is 65.1 Å². The van der Waals surface area contributed by atoms with Crippen LogP contribution in [0, 0.1) is 0 Å². The van der Waals surface area contributed by atoms with Crippen LogP contribution in [0.1, 0.15) is 6.92 Å². The Morgan fingerprint density at radius 3 is 2.81 bits per heavy atom. The molecule has 1 amide bonds. The van der Waals surface area contributed by atoms with Crippen LogP contribution in [0.2, 0.25) is 5.02 Å². The zero-order chi connectivity index (χ0) is 22.0. The van der Waals surface area contributed by atoms with Gasteiger partial charge in [-0.2, -0.15) is 0 Å². The summed E-state index contributed by atoms with van der Waals surface area (Å²) >= 11 is 8.78. The standard InChI is InChI=1S/C22H19ClN4O2S2/c1-3-11-27-20(29)15-10-9-14(23)12-17(15)25-21(27)30-13-19(28)26(4-2)22-24-16-7-5-6-8-18(16)31-22/h3,5-10,12H,1,4,11,13H2,2H3. The van der Waals surface area contributed by atoms with E-state index in [2.05, 4.69) is 16.5 Å². The SMILES string of the molecule is C=CCn1c(SCC(=O)N(CC)c2nc3ccccc3s2)nc2cc(Cl)ccc2c1=O. The van der Waals surface area contributed by atoms with Gasteiger partial charge in [0.15, 0.2) is 10.3 Å². The number of anilines is 1. The number of hydrogen-bond donors (Lipinski definition) is 0. The molecule has 6 nitrogen and oxygen atoms in total. The third kappa shape index (κ3) is 4.37. The summed E-state index contributed by atoms with van der Waals surface area (Å²) in [5.74, 6) is 0.0246. The van der Waals surface area contributed by atoms with Crippen LogP contribution in [0.3, 0.4) is 0 Å². The van der Waals surface area contributed by atoms with Crippen LogP contribution in [0.25, 0.3) is 21.1 Å². The minimum atomic E-state index is -0.185. The van der Waals surface area contributed by atoms with E-state index < -0.39 is 0 Å². The predicted octanol–water partition coefficient (Wildman–Crippen LogP) is 4.99. The summed E-state index contributed by atoms with van der Waals surface area (Å²) in [7, 11) is 0. The number of carbonyl (C=O) groups excluding carboxylic acids is 1. The Morgan fingerprint density at radius 2 is 2.06 bits per heavy atom. The van der Waals surface area contributed by atoms with Gasteiger partial charge in [0.2, 0.25) is 5.91 Å². The van der Waals surface area contributed by atoms with Crippen LogP contribution < -0.4 is 10.5 Å². The summed E-state index contributed by atoms with van der Waals surface area (Å²) in [6.45, 7) is 6.45. The van der Waals surface area contributed by atoms with Gasteiger partial charge in [0.1, 0.15) is 0 Å². The number of thioether (sulfide) groups is 1. The Kier molecular flexibility index (Phi) is 6.41. The lowest BCUT2D eigenvalue weighted by Crippen LogP contribution is -2.32. The van der Waals surface area contributed by atoms with Crippen molar-refractivity contribution in [2.45, 2.75) is 18.6 Å². The molecular formula is C22H19ClN4O2S2. The van der Waals surface area contributed by atoms with E-state index >= 15 is 0 Å². The van der Waals surface area contributed by atoms with Crippen LogP contribution >= 0.6 is 34.7 Å². The van der Waals surface area contributed by atoms with Gasteiger partial charge in [-0.1, -0.05) is 52.9 Å². The van der Waals surface area contributed by atoms with Gasteiger partial charge in [-0.05, 0) is 37.3 Å². The molecule has 2 aromatic heterocycles. The number of amides is 1. The van der Waals surface area contributed by atoms with E-state index in [1.807, 2.05) is 31.2 Å². The Bertz CT molecular complexity index is 1320. The predicted molar refractivity (Wildman–Crippen MR) is 130 cm³/mol. The molecule has 0 aliphatic heterocycles. The molecule has 0 radical (unpaired) electrons. The first-order chi connectivity index (χ1) is 15.0. The molecule has 0 bridgehead atoms. The van der Waals surface area contributed by atoms with E-state index in [9.17, 15) is 9.59 Å². The first kappa shape index (κ1) is 21.5. The van der Waals surface area contributed by atoms with Crippen molar-refractivity contribution < 1.29 is 4.79 Å². The van der Waals surface area contributed by atoms with Crippen molar-refractivity contribution in [1.82, 2.24) is 14.5 Å². The maximum Gasteiger partial charge on any atom is 0.262 e. The number of thiazole rings is 1. The molecule has 0 spiro atoms. The average Bonchev–Trinajstić information content (AvgIpc) is 3.18. The summed E-state index contributed by atoms with van der Waals surface area (Å²) in [6.07, 6.45) is 1.64. The monoisotopic (exact) mass is 470 g/mol. The number of carbonyl (C=O) groups is 1. The number of allylic oxidation sites excluding steroid dienone is 1. The van der Waals surface area contributed by atoms with Crippen molar-refractivity contribution in [3.8, 4) is 0 Å². The van der Waals surface area contributed by atoms with Crippen molar-refractivity contribution >= 4 is 66.9 Å². The molecule has 0 unspecified atom stereocenters. The van der Waals surface area contributed by atoms with E-state index in [0.717, 1.165) is 10.2 Å². The fourth-order valence-corrected chi connectivity index (χ4v) is 5.27. The molecule has 158 valence electrons. The molecule has 0 aliphatic carbocycles. The molecule has 2 heterocycles. The molecular weight excluding hydrogens is 452 g/mol. The molecule has 4 aromatic rings. The van der Waals surface area contributed by atoms with E-state index in [1.54, 1.807) is 29.2 Å². The molecule has 31 heavy (non-hydrogen) atoms. The largest absolute Gasteiger partial charge is 0.288 e. The molecule has 2 aromatic carbocycles. The highest BCUT2D eigenvalue weighted by molar-refractivity contribution is 7.99. The van der Waals surface area contributed by atoms with Gasteiger partial charge in [-0.3, -0.25) is 19.1 Å². The Hall–Kier alpha value is -2.68. The van der Waals surface area contributed by atoms with Crippen molar-refractivity contribution in [3.63, 3.8) is 0 Å². The summed E-state index contributed by atoms with van der Waals surface area (Å²) in [4.78, 5) is 36.8. The first-order valence-corrected chi connectivity index (χ1v) is 11.8. The topological polar surface area (TPSA) is 68.1 Å². The summed E-state index contributed by atoms with van der Waals surface area (Å²) in [5.41, 5.74) is 1.19. The van der Waals surface area contributed by atoms with Gasteiger partial charge in [0.25, 0.3) is 5.56 Å². The summed E-state index contributed by atoms with van der Waals surface area (Å²) in [6, 6.07) is 12.8. The second-order valence-electron chi connectivity index (χ2n) is 6.65. The van der Waals surface area contributed by atoms with Crippen LogP contribution in [-0.2, 0) is 11.3 Å². The van der Waals surface area contributed by atoms with Crippen molar-refractivity contribution in [3.05, 3.63) is 70.5 Å². The lowest BCUT2D eigenvalue weighted by Gasteiger charge is -2.18. The Balaban J connectivity index is 1.62. The molecule has 0 aliphatic rings. The molecule has 0 atom stereocenters. The molecule has 0 saturated heterocycles. The minimum absolute atomic E-state index is 0.0999. The van der Waals surface area contributed by atoms with Crippen LogP contribution in [-0.4, -0.2) is 32.7 Å². The number of benzene rings is 2. The normalized spacial score (nSPS) is 11.2. The van der Waals surface area contributed by atoms with E-state index in [1.165, 1.54) is 27.7 Å². The average molecular weight is 471 g/mol. The maximum atomic E-state index is 13.0. The van der Waals surface area contributed by atoms with Gasteiger partial charge in [-0.15, -0.1) is 6.58 Å². The zero-order valence-corrected chi connectivity index (χ0v) is 19.1. The molecule has 9 heteroatoms. The number of fused-ring (bicyclic) bond motifs is 2. The quantitative estimate of drug-likeness (QED) is 0.216. The van der Waals surface area contributed by atoms with Crippen LogP contribution in [0.4, 0.5) is 5.13 Å². The molecule has 4 rings (SSSR count). The van der Waals surface area contributed by atoms with Crippen molar-refractivity contribution in [2.24, 2.45) is 0 Å². The van der Waals surface area contributed by atoms with Gasteiger partial charge < -0.3 is 0 Å². The number of para-hydroxylation sites is 1. The molecule has 0 saturated carbocycles.